The van der Waals surface area contributed by atoms with Crippen LogP contribution in [0.15, 0.2) is 53.5 Å². The first-order valence-electron chi connectivity index (χ1n) is 7.58. The van der Waals surface area contributed by atoms with E-state index >= 15 is 0 Å². The van der Waals surface area contributed by atoms with E-state index < -0.39 is 0 Å². The summed E-state index contributed by atoms with van der Waals surface area (Å²) in [6.07, 6.45) is 1.78. The minimum atomic E-state index is -0.347. The Morgan fingerprint density at radius 3 is 2.73 bits per heavy atom. The Kier molecular flexibility index (Phi) is 4.68. The molecule has 0 atom stereocenters. The Labute approximate surface area is 129 Å². The van der Waals surface area contributed by atoms with Crippen LogP contribution in [0.5, 0.6) is 5.75 Å². The molecule has 0 unspecified atom stereocenters. The monoisotopic (exact) mass is 298 g/mol. The van der Waals surface area contributed by atoms with Crippen LogP contribution in [0, 0.1) is 5.82 Å². The van der Waals surface area contributed by atoms with Gasteiger partial charge in [-0.1, -0.05) is 30.3 Å². The van der Waals surface area contributed by atoms with E-state index in [1.807, 2.05) is 36.4 Å². The zero-order valence-corrected chi connectivity index (χ0v) is 12.4. The SMILES string of the molecule is Fc1cc(C2=NCCCN2)ccc1OCCc1ccccc1. The average Bonchev–Trinajstić information content (AvgIpc) is 2.58. The van der Waals surface area contributed by atoms with Gasteiger partial charge in [-0.15, -0.1) is 0 Å². The van der Waals surface area contributed by atoms with E-state index in [1.54, 1.807) is 6.07 Å². The van der Waals surface area contributed by atoms with Crippen molar-refractivity contribution in [2.24, 2.45) is 4.99 Å². The third-order valence-electron chi connectivity index (χ3n) is 3.59. The maximum Gasteiger partial charge on any atom is 0.165 e. The molecule has 1 aliphatic rings. The lowest BCUT2D eigenvalue weighted by Gasteiger charge is -2.15. The van der Waals surface area contributed by atoms with Gasteiger partial charge in [0, 0.05) is 25.1 Å². The highest BCUT2D eigenvalue weighted by Crippen LogP contribution is 2.19. The van der Waals surface area contributed by atoms with Crippen LogP contribution in [0.4, 0.5) is 4.39 Å². The predicted molar refractivity (Wildman–Crippen MR) is 86.1 cm³/mol. The maximum atomic E-state index is 14.1. The molecule has 114 valence electrons. The van der Waals surface area contributed by atoms with Crippen LogP contribution in [-0.2, 0) is 6.42 Å². The summed E-state index contributed by atoms with van der Waals surface area (Å²) in [5.41, 5.74) is 1.95. The molecule has 1 aliphatic heterocycles. The molecule has 0 amide bonds. The summed E-state index contributed by atoms with van der Waals surface area (Å²) in [4.78, 5) is 4.37. The van der Waals surface area contributed by atoms with Gasteiger partial charge >= 0.3 is 0 Å². The van der Waals surface area contributed by atoms with E-state index in [1.165, 1.54) is 11.6 Å². The highest BCUT2D eigenvalue weighted by molar-refractivity contribution is 5.99. The molecule has 3 rings (SSSR count). The van der Waals surface area contributed by atoms with Crippen molar-refractivity contribution in [3.8, 4) is 5.75 Å². The van der Waals surface area contributed by atoms with Gasteiger partial charge in [0.15, 0.2) is 11.6 Å². The van der Waals surface area contributed by atoms with Crippen molar-refractivity contribution in [1.29, 1.82) is 0 Å². The van der Waals surface area contributed by atoms with E-state index in [-0.39, 0.29) is 11.6 Å². The molecule has 0 saturated carbocycles. The Balaban J connectivity index is 1.61. The highest BCUT2D eigenvalue weighted by atomic mass is 19.1. The standard InChI is InChI=1S/C18H19FN2O/c19-16-13-15(18-20-10-4-11-21-18)7-8-17(16)22-12-9-14-5-2-1-3-6-14/h1-3,5-8,13H,4,9-12H2,(H,20,21). The zero-order chi connectivity index (χ0) is 15.2. The fourth-order valence-corrected chi connectivity index (χ4v) is 2.41. The molecule has 0 fully saturated rings. The predicted octanol–water partition coefficient (Wildman–Crippen LogP) is 3.19. The third kappa shape index (κ3) is 3.64. The molecule has 0 aromatic heterocycles. The fraction of sp³-hybridized carbons (Fsp3) is 0.278. The molecule has 0 saturated heterocycles. The van der Waals surface area contributed by atoms with Crippen LogP contribution < -0.4 is 10.1 Å². The number of halogens is 1. The fourth-order valence-electron chi connectivity index (χ4n) is 2.41. The Hall–Kier alpha value is -2.36. The molecule has 4 heteroatoms. The molecule has 1 N–H and O–H groups in total. The van der Waals surface area contributed by atoms with Crippen LogP contribution in [0.3, 0.4) is 0 Å². The van der Waals surface area contributed by atoms with E-state index in [9.17, 15) is 4.39 Å². The maximum absolute atomic E-state index is 14.1. The summed E-state index contributed by atoms with van der Waals surface area (Å²) in [5.74, 6) is 0.706. The Bertz CT molecular complexity index is 655. The second kappa shape index (κ2) is 7.07. The van der Waals surface area contributed by atoms with Crippen LogP contribution in [0.25, 0.3) is 0 Å². The molecule has 0 radical (unpaired) electrons. The van der Waals surface area contributed by atoms with Gasteiger partial charge in [-0.05, 0) is 30.2 Å². The van der Waals surface area contributed by atoms with E-state index in [0.717, 1.165) is 37.3 Å². The molecule has 2 aromatic carbocycles. The van der Waals surface area contributed by atoms with E-state index in [2.05, 4.69) is 10.3 Å². The van der Waals surface area contributed by atoms with Gasteiger partial charge in [0.1, 0.15) is 5.84 Å². The molecular weight excluding hydrogens is 279 g/mol. The number of ether oxygens (including phenoxy) is 1. The molecule has 2 aromatic rings. The van der Waals surface area contributed by atoms with Crippen LogP contribution >= 0.6 is 0 Å². The molecule has 1 heterocycles. The Morgan fingerprint density at radius 2 is 2.00 bits per heavy atom. The number of nitrogens with one attached hydrogen (secondary N) is 1. The molecule has 0 bridgehead atoms. The summed E-state index contributed by atoms with van der Waals surface area (Å²) in [6.45, 7) is 2.13. The molecule has 0 aliphatic carbocycles. The molecular formula is C18H19FN2O. The summed E-state index contributed by atoms with van der Waals surface area (Å²) < 4.78 is 19.7. The molecule has 3 nitrogen and oxygen atoms in total. The smallest absolute Gasteiger partial charge is 0.165 e. The van der Waals surface area contributed by atoms with Crippen molar-refractivity contribution >= 4 is 5.84 Å². The number of hydrogen-bond acceptors (Lipinski definition) is 3. The minimum absolute atomic E-state index is 0.288. The third-order valence-corrected chi connectivity index (χ3v) is 3.59. The number of rotatable bonds is 5. The van der Waals surface area contributed by atoms with Crippen molar-refractivity contribution in [2.75, 3.05) is 19.7 Å². The highest BCUT2D eigenvalue weighted by Gasteiger charge is 2.11. The number of amidine groups is 1. The normalized spacial score (nSPS) is 14.1. The summed E-state index contributed by atoms with van der Waals surface area (Å²) in [7, 11) is 0. The lowest BCUT2D eigenvalue weighted by atomic mass is 10.1. The first-order valence-corrected chi connectivity index (χ1v) is 7.58. The van der Waals surface area contributed by atoms with Gasteiger partial charge in [0.2, 0.25) is 0 Å². The topological polar surface area (TPSA) is 33.6 Å². The van der Waals surface area contributed by atoms with Gasteiger partial charge in [-0.3, -0.25) is 4.99 Å². The van der Waals surface area contributed by atoms with E-state index in [4.69, 9.17) is 4.74 Å². The van der Waals surface area contributed by atoms with Gasteiger partial charge < -0.3 is 10.1 Å². The van der Waals surface area contributed by atoms with Crippen molar-refractivity contribution in [1.82, 2.24) is 5.32 Å². The number of aliphatic imine (C=N–C) groups is 1. The van der Waals surface area contributed by atoms with Crippen LogP contribution in [-0.4, -0.2) is 25.5 Å². The van der Waals surface area contributed by atoms with Gasteiger partial charge in [-0.2, -0.15) is 0 Å². The second-order valence-electron chi connectivity index (χ2n) is 5.24. The largest absolute Gasteiger partial charge is 0.490 e. The van der Waals surface area contributed by atoms with Crippen LogP contribution in [0.2, 0.25) is 0 Å². The zero-order valence-electron chi connectivity index (χ0n) is 12.4. The number of benzene rings is 2. The van der Waals surface area contributed by atoms with Crippen molar-refractivity contribution < 1.29 is 9.13 Å². The first kappa shape index (κ1) is 14.6. The lowest BCUT2D eigenvalue weighted by molar-refractivity contribution is 0.305. The molecule has 22 heavy (non-hydrogen) atoms. The van der Waals surface area contributed by atoms with Crippen LogP contribution in [0.1, 0.15) is 17.5 Å². The number of hydrogen-bond donors (Lipinski definition) is 1. The first-order chi connectivity index (χ1) is 10.8. The van der Waals surface area contributed by atoms with Crippen molar-refractivity contribution in [3.05, 3.63) is 65.5 Å². The minimum Gasteiger partial charge on any atom is -0.490 e. The van der Waals surface area contributed by atoms with Gasteiger partial charge in [0.05, 0.1) is 6.61 Å². The van der Waals surface area contributed by atoms with E-state index in [0.29, 0.717) is 6.61 Å². The van der Waals surface area contributed by atoms with Crippen molar-refractivity contribution in [3.63, 3.8) is 0 Å². The second-order valence-corrected chi connectivity index (χ2v) is 5.24. The van der Waals surface area contributed by atoms with Crippen molar-refractivity contribution in [2.45, 2.75) is 12.8 Å². The number of nitrogens with zero attached hydrogens (tertiary/aromatic N) is 1. The summed E-state index contributed by atoms with van der Waals surface area (Å²) in [5, 5.41) is 3.19. The van der Waals surface area contributed by atoms with Gasteiger partial charge in [0.25, 0.3) is 0 Å². The lowest BCUT2D eigenvalue weighted by Crippen LogP contribution is -2.30. The Morgan fingerprint density at radius 1 is 1.14 bits per heavy atom. The summed E-state index contributed by atoms with van der Waals surface area (Å²) in [6, 6.07) is 15.0. The summed E-state index contributed by atoms with van der Waals surface area (Å²) >= 11 is 0. The quantitative estimate of drug-likeness (QED) is 0.920. The average molecular weight is 298 g/mol. The molecule has 0 spiro atoms. The van der Waals surface area contributed by atoms with Gasteiger partial charge in [-0.25, -0.2) is 4.39 Å².